The van der Waals surface area contributed by atoms with Crippen molar-refractivity contribution >= 4 is 11.7 Å². The summed E-state index contributed by atoms with van der Waals surface area (Å²) in [5, 5.41) is 2.85. The Morgan fingerprint density at radius 2 is 2.00 bits per heavy atom. The van der Waals surface area contributed by atoms with Gasteiger partial charge in [0.15, 0.2) is 12.4 Å². The molecule has 0 saturated heterocycles. The van der Waals surface area contributed by atoms with Crippen molar-refractivity contribution < 1.29 is 9.36 Å². The molecule has 2 aromatic rings. The molecule has 1 N–H and O–H groups in total. The van der Waals surface area contributed by atoms with Gasteiger partial charge in [-0.05, 0) is 25.0 Å². The predicted molar refractivity (Wildman–Crippen MR) is 78.1 cm³/mol. The number of amides is 1. The van der Waals surface area contributed by atoms with E-state index in [0.717, 1.165) is 24.9 Å². The van der Waals surface area contributed by atoms with Crippen LogP contribution < -0.4 is 9.88 Å². The maximum atomic E-state index is 11.8. The molecular formula is C16H20N3O+. The number of nitrogens with one attached hydrogen (secondary N) is 1. The van der Waals surface area contributed by atoms with Gasteiger partial charge in [-0.15, -0.1) is 0 Å². The third kappa shape index (κ3) is 4.46. The summed E-state index contributed by atoms with van der Waals surface area (Å²) < 4.78 is 2.13. The van der Waals surface area contributed by atoms with E-state index in [-0.39, 0.29) is 5.91 Å². The van der Waals surface area contributed by atoms with Crippen LogP contribution in [0, 0.1) is 6.92 Å². The maximum absolute atomic E-state index is 11.8. The minimum absolute atomic E-state index is 0.0323. The second-order valence-corrected chi connectivity index (χ2v) is 4.79. The number of carbonyl (C=O) groups excluding carboxylic acids is 1. The monoisotopic (exact) mass is 270 g/mol. The van der Waals surface area contributed by atoms with Crippen molar-refractivity contribution in [2.24, 2.45) is 0 Å². The van der Waals surface area contributed by atoms with Gasteiger partial charge in [0.2, 0.25) is 5.91 Å². The number of pyridine rings is 2. The van der Waals surface area contributed by atoms with Gasteiger partial charge in [-0.3, -0.25) is 4.79 Å². The smallest absolute Gasteiger partial charge is 0.225 e. The third-order valence-electron chi connectivity index (χ3n) is 3.11. The molecule has 0 atom stereocenters. The molecule has 2 rings (SSSR count). The summed E-state index contributed by atoms with van der Waals surface area (Å²) in [6.45, 7) is 2.88. The molecular weight excluding hydrogens is 250 g/mol. The minimum atomic E-state index is 0.0323. The first-order chi connectivity index (χ1) is 9.75. The normalized spacial score (nSPS) is 10.2. The number of unbranched alkanes of at least 4 members (excludes halogenated alkanes) is 1. The van der Waals surface area contributed by atoms with Gasteiger partial charge in [0.05, 0.1) is 0 Å². The number of hydrogen-bond donors (Lipinski definition) is 1. The van der Waals surface area contributed by atoms with E-state index in [1.165, 1.54) is 0 Å². The lowest BCUT2D eigenvalue weighted by atomic mass is 10.2. The summed E-state index contributed by atoms with van der Waals surface area (Å²) in [7, 11) is 0. The Morgan fingerprint density at radius 1 is 1.20 bits per heavy atom. The highest BCUT2D eigenvalue weighted by Gasteiger charge is 2.06. The van der Waals surface area contributed by atoms with Gasteiger partial charge in [0.1, 0.15) is 12.4 Å². The summed E-state index contributed by atoms with van der Waals surface area (Å²) in [6.07, 6.45) is 8.16. The van der Waals surface area contributed by atoms with E-state index in [9.17, 15) is 4.79 Å². The molecule has 0 fully saturated rings. The molecule has 4 nitrogen and oxygen atoms in total. The van der Waals surface area contributed by atoms with E-state index in [4.69, 9.17) is 0 Å². The molecule has 0 aliphatic carbocycles. The molecule has 4 heteroatoms. The van der Waals surface area contributed by atoms with Crippen LogP contribution in [-0.2, 0) is 11.3 Å². The molecule has 20 heavy (non-hydrogen) atoms. The number of nitrogens with zero attached hydrogens (tertiary/aromatic N) is 2. The largest absolute Gasteiger partial charge is 0.310 e. The first kappa shape index (κ1) is 14.2. The zero-order chi connectivity index (χ0) is 14.2. The fourth-order valence-electron chi connectivity index (χ4n) is 1.97. The summed E-state index contributed by atoms with van der Waals surface area (Å²) >= 11 is 0. The second-order valence-electron chi connectivity index (χ2n) is 4.79. The molecule has 0 radical (unpaired) electrons. The number of hydrogen-bond acceptors (Lipinski definition) is 2. The van der Waals surface area contributed by atoms with Crippen molar-refractivity contribution in [3.8, 4) is 0 Å². The second kappa shape index (κ2) is 7.38. The van der Waals surface area contributed by atoms with Crippen LogP contribution in [0.2, 0.25) is 0 Å². The van der Waals surface area contributed by atoms with Gasteiger partial charge < -0.3 is 5.32 Å². The van der Waals surface area contributed by atoms with E-state index >= 15 is 0 Å². The lowest BCUT2D eigenvalue weighted by Gasteiger charge is -2.06. The maximum Gasteiger partial charge on any atom is 0.225 e. The number of carbonyl (C=O) groups is 1. The quantitative estimate of drug-likeness (QED) is 0.647. The van der Waals surface area contributed by atoms with E-state index in [2.05, 4.69) is 14.9 Å². The van der Waals surface area contributed by atoms with Crippen molar-refractivity contribution in [3.05, 3.63) is 54.5 Å². The molecule has 0 aliphatic rings. The highest BCUT2D eigenvalue weighted by Crippen LogP contribution is 2.10. The number of aromatic nitrogens is 2. The Morgan fingerprint density at radius 3 is 2.75 bits per heavy atom. The molecule has 0 unspecified atom stereocenters. The number of aryl methyl sites for hydroxylation is 2. The Labute approximate surface area is 119 Å². The SMILES string of the molecule is Cc1cccnc1NC(=O)CCCC[n+]1ccccc1. The zero-order valence-electron chi connectivity index (χ0n) is 11.7. The van der Waals surface area contributed by atoms with Crippen LogP contribution in [0.1, 0.15) is 24.8 Å². The van der Waals surface area contributed by atoms with Gasteiger partial charge in [-0.25, -0.2) is 9.55 Å². The van der Waals surface area contributed by atoms with E-state index in [1.807, 2.05) is 49.6 Å². The predicted octanol–water partition coefficient (Wildman–Crippen LogP) is 2.49. The van der Waals surface area contributed by atoms with Crippen molar-refractivity contribution in [1.82, 2.24) is 4.98 Å². The first-order valence-electron chi connectivity index (χ1n) is 6.91. The molecule has 1 amide bonds. The van der Waals surface area contributed by atoms with Crippen LogP contribution in [0.5, 0.6) is 0 Å². The molecule has 104 valence electrons. The molecule has 2 heterocycles. The number of rotatable bonds is 6. The Bertz CT molecular complexity index is 555. The minimum Gasteiger partial charge on any atom is -0.310 e. The average molecular weight is 270 g/mol. The fraction of sp³-hybridized carbons (Fsp3) is 0.312. The Hall–Kier alpha value is -2.23. The fourth-order valence-corrected chi connectivity index (χ4v) is 1.97. The van der Waals surface area contributed by atoms with Crippen molar-refractivity contribution in [1.29, 1.82) is 0 Å². The van der Waals surface area contributed by atoms with E-state index < -0.39 is 0 Å². The summed E-state index contributed by atoms with van der Waals surface area (Å²) in [5.41, 5.74) is 0.987. The highest BCUT2D eigenvalue weighted by atomic mass is 16.1. The van der Waals surface area contributed by atoms with Crippen LogP contribution in [-0.4, -0.2) is 10.9 Å². The van der Waals surface area contributed by atoms with E-state index in [1.54, 1.807) is 6.20 Å². The Kier molecular flexibility index (Phi) is 5.24. The van der Waals surface area contributed by atoms with Crippen molar-refractivity contribution in [3.63, 3.8) is 0 Å². The topological polar surface area (TPSA) is 45.9 Å². The Balaban J connectivity index is 1.69. The van der Waals surface area contributed by atoms with Crippen LogP contribution in [0.3, 0.4) is 0 Å². The molecule has 0 aromatic carbocycles. The van der Waals surface area contributed by atoms with Gasteiger partial charge in [-0.1, -0.05) is 12.1 Å². The van der Waals surface area contributed by atoms with Gasteiger partial charge in [0.25, 0.3) is 0 Å². The third-order valence-corrected chi connectivity index (χ3v) is 3.11. The van der Waals surface area contributed by atoms with Crippen LogP contribution >= 0.6 is 0 Å². The highest BCUT2D eigenvalue weighted by molar-refractivity contribution is 5.90. The van der Waals surface area contributed by atoms with Crippen LogP contribution in [0.15, 0.2) is 48.9 Å². The summed E-state index contributed by atoms with van der Waals surface area (Å²) in [4.78, 5) is 16.0. The number of anilines is 1. The zero-order valence-corrected chi connectivity index (χ0v) is 11.7. The molecule has 0 aliphatic heterocycles. The summed E-state index contributed by atoms with van der Waals surface area (Å²) in [5.74, 6) is 0.694. The molecule has 0 bridgehead atoms. The van der Waals surface area contributed by atoms with Gasteiger partial charge in [-0.2, -0.15) is 0 Å². The van der Waals surface area contributed by atoms with Crippen molar-refractivity contribution in [2.45, 2.75) is 32.7 Å². The summed E-state index contributed by atoms with van der Waals surface area (Å²) in [6, 6.07) is 9.82. The van der Waals surface area contributed by atoms with E-state index in [0.29, 0.717) is 12.2 Å². The standard InChI is InChI=1S/C16H19N3O/c1-14-8-7-10-17-16(14)18-15(20)9-3-6-13-19-11-4-2-5-12-19/h2,4-5,7-8,10-12H,3,6,9,13H2,1H3/p+1. The van der Waals surface area contributed by atoms with Crippen LogP contribution in [0.4, 0.5) is 5.82 Å². The molecule has 0 spiro atoms. The lowest BCUT2D eigenvalue weighted by molar-refractivity contribution is -0.697. The van der Waals surface area contributed by atoms with Crippen molar-refractivity contribution in [2.75, 3.05) is 5.32 Å². The first-order valence-corrected chi connectivity index (χ1v) is 6.91. The lowest BCUT2D eigenvalue weighted by Crippen LogP contribution is -2.32. The average Bonchev–Trinajstić information content (AvgIpc) is 2.47. The molecule has 2 aromatic heterocycles. The van der Waals surface area contributed by atoms with Gasteiger partial charge >= 0.3 is 0 Å². The van der Waals surface area contributed by atoms with Crippen LogP contribution in [0.25, 0.3) is 0 Å². The van der Waals surface area contributed by atoms with Gasteiger partial charge in [0, 0.05) is 31.2 Å². The molecule has 0 saturated carbocycles.